The Morgan fingerprint density at radius 1 is 1.44 bits per heavy atom. The summed E-state index contributed by atoms with van der Waals surface area (Å²) in [6, 6.07) is 7.61. The topological polar surface area (TPSA) is 106 Å². The van der Waals surface area contributed by atoms with Crippen molar-refractivity contribution in [2.24, 2.45) is 0 Å². The highest BCUT2D eigenvalue weighted by atomic mass is 16.2. The van der Waals surface area contributed by atoms with Gasteiger partial charge in [0.15, 0.2) is 11.5 Å². The summed E-state index contributed by atoms with van der Waals surface area (Å²) in [6.45, 7) is 3.13. The predicted molar refractivity (Wildman–Crippen MR) is 95.9 cm³/mol. The van der Waals surface area contributed by atoms with Crippen molar-refractivity contribution < 1.29 is 4.79 Å². The van der Waals surface area contributed by atoms with Gasteiger partial charge in [-0.05, 0) is 25.5 Å². The van der Waals surface area contributed by atoms with Gasteiger partial charge in [-0.3, -0.25) is 4.79 Å². The first-order valence-electron chi connectivity index (χ1n) is 7.93. The largest absolute Gasteiger partial charge is 0.370 e. The van der Waals surface area contributed by atoms with Crippen LogP contribution in [0.3, 0.4) is 0 Å². The third-order valence-electron chi connectivity index (χ3n) is 3.38. The average Bonchev–Trinajstić information content (AvgIpc) is 3.13. The van der Waals surface area contributed by atoms with E-state index in [0.717, 1.165) is 24.4 Å². The zero-order valence-corrected chi connectivity index (χ0v) is 14.0. The molecule has 0 bridgehead atoms. The van der Waals surface area contributed by atoms with Crippen LogP contribution < -0.4 is 10.6 Å². The Kier molecular flexibility index (Phi) is 6.95. The molecule has 0 spiro atoms. The molecule has 0 fully saturated rings. The van der Waals surface area contributed by atoms with Gasteiger partial charge in [0.2, 0.25) is 0 Å². The van der Waals surface area contributed by atoms with Crippen LogP contribution >= 0.6 is 0 Å². The van der Waals surface area contributed by atoms with Gasteiger partial charge in [0.05, 0.1) is 0 Å². The van der Waals surface area contributed by atoms with E-state index in [1.165, 1.54) is 6.20 Å². The standard InChI is InChI=1S/C18H20N6O/c1-2-14(8-11-21-16-7-3-4-9-20-16)6-5-10-22-18(25)17-23-13-15(12-19)24-17/h2-7,9,13H,8,10-11H2,1H3,(H,20,21)(H,22,25)(H,23,24)/b6-5-,14-2+. The van der Waals surface area contributed by atoms with E-state index < -0.39 is 0 Å². The summed E-state index contributed by atoms with van der Waals surface area (Å²) >= 11 is 0. The second-order valence-electron chi connectivity index (χ2n) is 5.11. The SMILES string of the molecule is C/C=C(\C=C/CNC(=O)c1nc(C#N)c[nH]1)CCNc1ccccn1. The van der Waals surface area contributed by atoms with Crippen molar-refractivity contribution in [3.8, 4) is 6.07 Å². The molecule has 0 unspecified atom stereocenters. The lowest BCUT2D eigenvalue weighted by molar-refractivity contribution is 0.0948. The molecule has 0 atom stereocenters. The number of nitrogens with one attached hydrogen (secondary N) is 3. The smallest absolute Gasteiger partial charge is 0.287 e. The number of amides is 1. The Balaban J connectivity index is 1.72. The van der Waals surface area contributed by atoms with Gasteiger partial charge in [-0.2, -0.15) is 5.26 Å². The fraction of sp³-hybridized carbons (Fsp3) is 0.222. The molecule has 2 aromatic rings. The van der Waals surface area contributed by atoms with E-state index >= 15 is 0 Å². The van der Waals surface area contributed by atoms with Gasteiger partial charge in [-0.15, -0.1) is 0 Å². The minimum Gasteiger partial charge on any atom is -0.370 e. The number of H-pyrrole nitrogens is 1. The highest BCUT2D eigenvalue weighted by Crippen LogP contribution is 2.05. The van der Waals surface area contributed by atoms with Crippen LogP contribution in [0.25, 0.3) is 0 Å². The van der Waals surface area contributed by atoms with Gasteiger partial charge in [-0.1, -0.05) is 29.9 Å². The predicted octanol–water partition coefficient (Wildman–Crippen LogP) is 2.41. The third kappa shape index (κ3) is 5.95. The van der Waals surface area contributed by atoms with Crippen molar-refractivity contribution in [3.05, 3.63) is 65.9 Å². The fourth-order valence-electron chi connectivity index (χ4n) is 2.07. The Morgan fingerprint density at radius 3 is 3.00 bits per heavy atom. The van der Waals surface area contributed by atoms with E-state index in [4.69, 9.17) is 5.26 Å². The van der Waals surface area contributed by atoms with E-state index in [2.05, 4.69) is 25.6 Å². The van der Waals surface area contributed by atoms with E-state index in [1.54, 1.807) is 6.20 Å². The van der Waals surface area contributed by atoms with Crippen LogP contribution in [0.2, 0.25) is 0 Å². The lowest BCUT2D eigenvalue weighted by Crippen LogP contribution is -2.24. The number of anilines is 1. The zero-order chi connectivity index (χ0) is 17.9. The molecular formula is C18H20N6O. The van der Waals surface area contributed by atoms with Crippen LogP contribution in [0, 0.1) is 11.3 Å². The molecule has 0 aliphatic heterocycles. The zero-order valence-electron chi connectivity index (χ0n) is 14.0. The molecule has 7 heteroatoms. The Bertz CT molecular complexity index is 785. The number of aromatic nitrogens is 3. The number of hydrogen-bond donors (Lipinski definition) is 3. The van der Waals surface area contributed by atoms with Gasteiger partial charge in [0, 0.05) is 25.5 Å². The molecule has 0 aromatic carbocycles. The lowest BCUT2D eigenvalue weighted by atomic mass is 10.1. The molecule has 0 aliphatic rings. The summed E-state index contributed by atoms with van der Waals surface area (Å²) in [7, 11) is 0. The quantitative estimate of drug-likeness (QED) is 0.642. The molecule has 25 heavy (non-hydrogen) atoms. The summed E-state index contributed by atoms with van der Waals surface area (Å²) in [5, 5.41) is 14.7. The van der Waals surface area contributed by atoms with Crippen molar-refractivity contribution in [2.75, 3.05) is 18.4 Å². The molecule has 7 nitrogen and oxygen atoms in total. The van der Waals surface area contributed by atoms with Crippen molar-refractivity contribution in [1.29, 1.82) is 5.26 Å². The van der Waals surface area contributed by atoms with Gasteiger partial charge >= 0.3 is 0 Å². The van der Waals surface area contributed by atoms with Crippen LogP contribution in [0.15, 0.2) is 54.4 Å². The normalized spacial score (nSPS) is 11.3. The van der Waals surface area contributed by atoms with E-state index in [0.29, 0.717) is 6.54 Å². The summed E-state index contributed by atoms with van der Waals surface area (Å²) in [4.78, 5) is 22.6. The maximum atomic E-state index is 11.8. The Labute approximate surface area is 146 Å². The third-order valence-corrected chi connectivity index (χ3v) is 3.38. The first-order valence-corrected chi connectivity index (χ1v) is 7.93. The van der Waals surface area contributed by atoms with Gasteiger partial charge in [-0.25, -0.2) is 9.97 Å². The minimum atomic E-state index is -0.343. The van der Waals surface area contributed by atoms with Crippen LogP contribution in [0.1, 0.15) is 29.7 Å². The molecule has 2 heterocycles. The molecule has 0 radical (unpaired) electrons. The Morgan fingerprint density at radius 2 is 2.32 bits per heavy atom. The van der Waals surface area contributed by atoms with Crippen molar-refractivity contribution >= 4 is 11.7 Å². The number of allylic oxidation sites excluding steroid dienone is 2. The monoisotopic (exact) mass is 336 g/mol. The molecule has 2 aromatic heterocycles. The number of carbonyl (C=O) groups is 1. The van der Waals surface area contributed by atoms with E-state index in [9.17, 15) is 4.79 Å². The minimum absolute atomic E-state index is 0.135. The lowest BCUT2D eigenvalue weighted by Gasteiger charge is -2.05. The Hall–Kier alpha value is -3.40. The molecular weight excluding hydrogens is 316 g/mol. The van der Waals surface area contributed by atoms with Crippen LogP contribution in [0.4, 0.5) is 5.82 Å². The second-order valence-corrected chi connectivity index (χ2v) is 5.11. The maximum Gasteiger partial charge on any atom is 0.287 e. The summed E-state index contributed by atoms with van der Waals surface area (Å²) in [5.41, 5.74) is 1.35. The number of aromatic amines is 1. The molecule has 0 saturated heterocycles. The van der Waals surface area contributed by atoms with E-state index in [-0.39, 0.29) is 17.4 Å². The first-order chi connectivity index (χ1) is 12.2. The fourth-order valence-corrected chi connectivity index (χ4v) is 2.07. The average molecular weight is 336 g/mol. The molecule has 0 saturated carbocycles. The van der Waals surface area contributed by atoms with Gasteiger partial charge < -0.3 is 15.6 Å². The van der Waals surface area contributed by atoms with Crippen LogP contribution in [0.5, 0.6) is 0 Å². The number of carbonyl (C=O) groups excluding carboxylic acids is 1. The van der Waals surface area contributed by atoms with Crippen LogP contribution in [-0.2, 0) is 0 Å². The number of nitriles is 1. The summed E-state index contributed by atoms with van der Waals surface area (Å²) in [6.07, 6.45) is 9.88. The highest BCUT2D eigenvalue weighted by Gasteiger charge is 2.08. The molecule has 3 N–H and O–H groups in total. The maximum absolute atomic E-state index is 11.8. The first kappa shape index (κ1) is 17.9. The number of pyridine rings is 1. The van der Waals surface area contributed by atoms with Gasteiger partial charge in [0.25, 0.3) is 5.91 Å². The number of rotatable bonds is 8. The molecule has 2 rings (SSSR count). The summed E-state index contributed by atoms with van der Waals surface area (Å²) < 4.78 is 0. The summed E-state index contributed by atoms with van der Waals surface area (Å²) in [5.74, 6) is 0.644. The van der Waals surface area contributed by atoms with Crippen LogP contribution in [-0.4, -0.2) is 33.9 Å². The molecule has 1 amide bonds. The number of hydrogen-bond acceptors (Lipinski definition) is 5. The number of nitrogens with zero attached hydrogens (tertiary/aromatic N) is 3. The number of imidazole rings is 1. The van der Waals surface area contributed by atoms with Crippen molar-refractivity contribution in [3.63, 3.8) is 0 Å². The van der Waals surface area contributed by atoms with Crippen molar-refractivity contribution in [1.82, 2.24) is 20.3 Å². The highest BCUT2D eigenvalue weighted by molar-refractivity contribution is 5.90. The van der Waals surface area contributed by atoms with E-state index in [1.807, 2.05) is 49.4 Å². The second kappa shape index (κ2) is 9.67. The molecule has 0 aliphatic carbocycles. The van der Waals surface area contributed by atoms with Gasteiger partial charge in [0.1, 0.15) is 11.9 Å². The molecule has 128 valence electrons. The van der Waals surface area contributed by atoms with Crippen molar-refractivity contribution in [2.45, 2.75) is 13.3 Å².